The second-order valence-corrected chi connectivity index (χ2v) is 17.7. The van der Waals surface area contributed by atoms with E-state index in [0.717, 1.165) is 64.2 Å². The average Bonchev–Trinajstić information content (AvgIpc) is 3.21. The van der Waals surface area contributed by atoms with Gasteiger partial charge in [-0.25, -0.2) is 0 Å². The molecule has 0 radical (unpaired) electrons. The van der Waals surface area contributed by atoms with E-state index >= 15 is 0 Å². The molecule has 0 N–H and O–H groups in total. The summed E-state index contributed by atoms with van der Waals surface area (Å²) in [5.41, 5.74) is 0. The molecule has 0 aromatic rings. The number of carbonyl (C=O) groups is 3. The summed E-state index contributed by atoms with van der Waals surface area (Å²) in [6, 6.07) is 0. The Kier molecular flexibility index (Phi) is 41.4. The third-order valence-corrected chi connectivity index (χ3v) is 10.6. The molecule has 2 atom stereocenters. The lowest BCUT2D eigenvalue weighted by Gasteiger charge is -2.26. The predicted molar refractivity (Wildman–Crippen MR) is 246 cm³/mol. The molecule has 0 spiro atoms. The van der Waals surface area contributed by atoms with E-state index in [1.54, 1.807) is 0 Å². The maximum Gasteiger partial charge on any atom is 0.306 e. The van der Waals surface area contributed by atoms with Gasteiger partial charge in [0, 0.05) is 12.8 Å². The molecule has 2 unspecified atom stereocenters. The highest BCUT2D eigenvalue weighted by Crippen LogP contribution is 2.15. The molecule has 0 aromatic carbocycles. The van der Waals surface area contributed by atoms with Crippen LogP contribution in [0.3, 0.4) is 0 Å². The van der Waals surface area contributed by atoms with Gasteiger partial charge in [0.25, 0.3) is 0 Å². The molecule has 9 nitrogen and oxygen atoms in total. The molecule has 0 saturated heterocycles. The summed E-state index contributed by atoms with van der Waals surface area (Å²) in [4.78, 5) is 37.0. The number of carbonyl (C=O) groups excluding carboxylic acids is 3. The van der Waals surface area contributed by atoms with E-state index in [2.05, 4.69) is 50.3 Å². The van der Waals surface area contributed by atoms with Crippen LogP contribution in [0.1, 0.15) is 213 Å². The van der Waals surface area contributed by atoms with Crippen LogP contribution in [0.25, 0.3) is 0 Å². The summed E-state index contributed by atoms with van der Waals surface area (Å²) in [7, 11) is 5.91. The monoisotopic (exact) mass is 848 g/mol. The fourth-order valence-corrected chi connectivity index (χ4v) is 6.74. The molecule has 0 fully saturated rings. The Bertz CT molecular complexity index is 1080. The van der Waals surface area contributed by atoms with Gasteiger partial charge in [0.15, 0.2) is 12.4 Å². The van der Waals surface area contributed by atoms with Crippen LogP contribution in [0.4, 0.5) is 0 Å². The van der Waals surface area contributed by atoms with E-state index in [4.69, 9.17) is 18.9 Å². The number of unbranched alkanes of at least 4 members (excludes halogenated alkanes) is 24. The molecule has 9 heteroatoms. The Morgan fingerprint density at radius 1 is 0.500 bits per heavy atom. The van der Waals surface area contributed by atoms with Crippen molar-refractivity contribution in [3.05, 3.63) is 36.5 Å². The third-order valence-electron chi connectivity index (χ3n) is 10.6. The zero-order valence-corrected chi connectivity index (χ0v) is 39.6. The largest absolute Gasteiger partial charge is 0.545 e. The molecule has 0 saturated carbocycles. The number of carboxylic acid groups (broad SMARTS) is 1. The fourth-order valence-electron chi connectivity index (χ4n) is 6.74. The van der Waals surface area contributed by atoms with Gasteiger partial charge in [-0.15, -0.1) is 0 Å². The molecule has 0 aliphatic rings. The zero-order valence-electron chi connectivity index (χ0n) is 39.6. The first-order valence-electron chi connectivity index (χ1n) is 24.6. The number of allylic oxidation sites excluding steroid dienone is 6. The van der Waals surface area contributed by atoms with E-state index in [1.165, 1.54) is 116 Å². The number of aliphatic carboxylic acids is 1. The van der Waals surface area contributed by atoms with Crippen LogP contribution in [-0.2, 0) is 33.3 Å². The zero-order chi connectivity index (χ0) is 44.2. The highest BCUT2D eigenvalue weighted by atomic mass is 16.7. The Hall–Kier alpha value is -2.49. The number of hydrogen-bond acceptors (Lipinski definition) is 8. The smallest absolute Gasteiger partial charge is 0.306 e. The van der Waals surface area contributed by atoms with Crippen LogP contribution < -0.4 is 5.11 Å². The summed E-state index contributed by atoms with van der Waals surface area (Å²) in [6.45, 7) is 4.66. The van der Waals surface area contributed by atoms with Gasteiger partial charge < -0.3 is 33.3 Å². The summed E-state index contributed by atoms with van der Waals surface area (Å²) >= 11 is 0. The molecule has 0 aliphatic carbocycles. The topological polar surface area (TPSA) is 111 Å². The van der Waals surface area contributed by atoms with Gasteiger partial charge in [0.05, 0.1) is 40.3 Å². The summed E-state index contributed by atoms with van der Waals surface area (Å²) in [5, 5.41) is 11.7. The van der Waals surface area contributed by atoms with E-state index in [9.17, 15) is 19.5 Å². The van der Waals surface area contributed by atoms with Crippen molar-refractivity contribution in [1.82, 2.24) is 0 Å². The summed E-state index contributed by atoms with van der Waals surface area (Å²) < 4.78 is 22.5. The van der Waals surface area contributed by atoms with E-state index in [0.29, 0.717) is 17.4 Å². The number of likely N-dealkylation sites (N-methyl/N-ethyl adjacent to an activating group) is 1. The molecule has 350 valence electrons. The van der Waals surface area contributed by atoms with E-state index in [1.807, 2.05) is 21.1 Å². The Labute approximate surface area is 369 Å². The lowest BCUT2D eigenvalue weighted by Crippen LogP contribution is -2.44. The first-order chi connectivity index (χ1) is 29.1. The normalized spacial score (nSPS) is 13.2. The molecule has 0 bridgehead atoms. The number of ether oxygens (including phenoxy) is 4. The van der Waals surface area contributed by atoms with E-state index < -0.39 is 24.3 Å². The van der Waals surface area contributed by atoms with Gasteiger partial charge in [-0.2, -0.15) is 0 Å². The predicted octanol–water partition coefficient (Wildman–Crippen LogP) is 12.1. The van der Waals surface area contributed by atoms with Gasteiger partial charge in [-0.3, -0.25) is 9.59 Å². The number of quaternary nitrogens is 1. The first-order valence-corrected chi connectivity index (χ1v) is 24.6. The Morgan fingerprint density at radius 2 is 0.933 bits per heavy atom. The molecular weight excluding hydrogens is 755 g/mol. The highest BCUT2D eigenvalue weighted by Gasteiger charge is 2.21. The maximum atomic E-state index is 12.8. The Balaban J connectivity index is 4.23. The molecule has 0 aliphatic heterocycles. The van der Waals surface area contributed by atoms with Gasteiger partial charge in [0.1, 0.15) is 13.2 Å². The van der Waals surface area contributed by atoms with Gasteiger partial charge in [0.2, 0.25) is 0 Å². The van der Waals surface area contributed by atoms with Crippen LogP contribution in [0, 0.1) is 0 Å². The van der Waals surface area contributed by atoms with Crippen molar-refractivity contribution in [3.63, 3.8) is 0 Å². The summed E-state index contributed by atoms with van der Waals surface area (Å²) in [6.07, 6.45) is 46.2. The van der Waals surface area contributed by atoms with Crippen molar-refractivity contribution in [3.8, 4) is 0 Å². The van der Waals surface area contributed by atoms with Crippen LogP contribution in [0.15, 0.2) is 36.5 Å². The molecule has 0 aromatic heterocycles. The molecule has 0 amide bonds. The van der Waals surface area contributed by atoms with Crippen LogP contribution in [0.5, 0.6) is 0 Å². The maximum absolute atomic E-state index is 12.8. The minimum Gasteiger partial charge on any atom is -0.545 e. The Morgan fingerprint density at radius 3 is 1.40 bits per heavy atom. The standard InChI is InChI=1S/C51H93NO8/c1-6-8-10-12-14-16-18-19-20-21-22-23-24-25-26-27-28-29-30-31-32-34-36-38-40-42-49(54)60-47(46-59-51(50(55)56)57-44-43-52(3,4)5)45-58-48(53)41-39-37-35-33-17-15-13-11-9-7-2/h11,13,18-19,21-22,47,51H,6-10,12,14-17,20,23-46H2,1-5H3/b13-11-,19-18-,22-21-. The van der Waals surface area contributed by atoms with Crippen LogP contribution in [0.2, 0.25) is 0 Å². The number of rotatable bonds is 45. The van der Waals surface area contributed by atoms with Crippen molar-refractivity contribution < 1.29 is 42.9 Å². The third kappa shape index (κ3) is 43.6. The first kappa shape index (κ1) is 57.5. The highest BCUT2D eigenvalue weighted by molar-refractivity contribution is 5.70. The summed E-state index contributed by atoms with van der Waals surface area (Å²) in [5.74, 6) is -2.30. The lowest BCUT2D eigenvalue weighted by atomic mass is 10.0. The second kappa shape index (κ2) is 43.2. The SMILES string of the molecule is CCC/C=C\CCCCCCCC(=O)OCC(COC(OCC[N+](C)(C)C)C(=O)[O-])OC(=O)CCCCCCCCCCCCCCC/C=C\C/C=C\CCCCCCC. The van der Waals surface area contributed by atoms with Crippen molar-refractivity contribution in [2.75, 3.05) is 47.5 Å². The van der Waals surface area contributed by atoms with Crippen molar-refractivity contribution in [2.24, 2.45) is 0 Å². The molecule has 60 heavy (non-hydrogen) atoms. The van der Waals surface area contributed by atoms with Gasteiger partial charge in [-0.05, 0) is 64.2 Å². The van der Waals surface area contributed by atoms with Gasteiger partial charge in [-0.1, -0.05) is 172 Å². The average molecular weight is 848 g/mol. The van der Waals surface area contributed by atoms with Gasteiger partial charge >= 0.3 is 11.9 Å². The molecule has 0 rings (SSSR count). The van der Waals surface area contributed by atoms with Crippen molar-refractivity contribution >= 4 is 17.9 Å². The second-order valence-electron chi connectivity index (χ2n) is 17.7. The van der Waals surface area contributed by atoms with Crippen LogP contribution >= 0.6 is 0 Å². The van der Waals surface area contributed by atoms with Crippen molar-refractivity contribution in [1.29, 1.82) is 0 Å². The molecular formula is C51H93NO8. The quantitative estimate of drug-likeness (QED) is 0.0196. The van der Waals surface area contributed by atoms with E-state index in [-0.39, 0.29) is 38.6 Å². The number of nitrogens with zero attached hydrogens (tertiary/aromatic N) is 1. The minimum atomic E-state index is -1.62. The molecule has 0 heterocycles. The number of carboxylic acids is 1. The van der Waals surface area contributed by atoms with Crippen molar-refractivity contribution in [2.45, 2.75) is 225 Å². The fraction of sp³-hybridized carbons (Fsp3) is 0.824. The minimum absolute atomic E-state index is 0.147. The van der Waals surface area contributed by atoms with Crippen LogP contribution in [-0.4, -0.2) is 82.3 Å². The number of hydrogen-bond donors (Lipinski definition) is 0. The number of esters is 2. The lowest BCUT2D eigenvalue weighted by molar-refractivity contribution is -0.870.